The fourth-order valence-electron chi connectivity index (χ4n) is 5.13. The van der Waals surface area contributed by atoms with Crippen LogP contribution in [0.15, 0.2) is 78.4 Å². The summed E-state index contributed by atoms with van der Waals surface area (Å²) in [5, 5.41) is 0. The fourth-order valence-corrected chi connectivity index (χ4v) is 5.13. The summed E-state index contributed by atoms with van der Waals surface area (Å²) in [4.78, 5) is 15.1. The first-order valence-corrected chi connectivity index (χ1v) is 12.2. The van der Waals surface area contributed by atoms with Crippen molar-refractivity contribution in [1.29, 1.82) is 0 Å². The lowest BCUT2D eigenvalue weighted by atomic mass is 9.86. The van der Waals surface area contributed by atoms with Crippen LogP contribution in [-0.2, 0) is 0 Å². The highest BCUT2D eigenvalue weighted by Gasteiger charge is 2.22. The average molecular weight is 486 g/mol. The van der Waals surface area contributed by atoms with Gasteiger partial charge in [-0.1, -0.05) is 66.3 Å². The summed E-state index contributed by atoms with van der Waals surface area (Å²) >= 11 is 0. The molecule has 0 saturated carbocycles. The van der Waals surface area contributed by atoms with Gasteiger partial charge in [0, 0.05) is 25.1 Å². The molecule has 1 fully saturated rings. The van der Waals surface area contributed by atoms with Gasteiger partial charge in [0.1, 0.15) is 5.75 Å². The van der Waals surface area contributed by atoms with E-state index < -0.39 is 0 Å². The summed E-state index contributed by atoms with van der Waals surface area (Å²) in [5.41, 5.74) is 9.02. The molecular formula is C31H32ClNO2. The van der Waals surface area contributed by atoms with Crippen LogP contribution in [0.3, 0.4) is 0 Å². The quantitative estimate of drug-likeness (QED) is 0.271. The van der Waals surface area contributed by atoms with Crippen LogP contribution < -0.4 is 4.74 Å². The Morgan fingerprint density at radius 2 is 1.40 bits per heavy atom. The first kappa shape index (κ1) is 25.0. The summed E-state index contributed by atoms with van der Waals surface area (Å²) in [6.45, 7) is 3.07. The molecule has 0 radical (unpaired) electrons. The van der Waals surface area contributed by atoms with Crippen molar-refractivity contribution in [3.8, 4) is 5.75 Å². The van der Waals surface area contributed by atoms with Gasteiger partial charge < -0.3 is 9.64 Å². The van der Waals surface area contributed by atoms with Gasteiger partial charge in [-0.05, 0) is 77.9 Å². The van der Waals surface area contributed by atoms with Gasteiger partial charge in [0.05, 0.1) is 7.11 Å². The molecule has 0 aromatic heterocycles. The molecule has 1 heterocycles. The number of ketones is 1. The van der Waals surface area contributed by atoms with Crippen molar-refractivity contribution < 1.29 is 9.53 Å². The van der Waals surface area contributed by atoms with Crippen molar-refractivity contribution in [2.75, 3.05) is 26.7 Å². The topological polar surface area (TPSA) is 29.5 Å². The van der Waals surface area contributed by atoms with E-state index in [1.54, 1.807) is 12.7 Å². The van der Waals surface area contributed by atoms with Crippen molar-refractivity contribution in [2.45, 2.75) is 25.7 Å². The lowest BCUT2D eigenvalue weighted by Crippen LogP contribution is -2.32. The van der Waals surface area contributed by atoms with Crippen LogP contribution in [-0.4, -0.2) is 37.4 Å². The Balaban J connectivity index is 0.00000289. The van der Waals surface area contributed by atoms with E-state index in [9.17, 15) is 4.79 Å². The number of nitrogens with zero attached hydrogens (tertiary/aromatic N) is 1. The van der Waals surface area contributed by atoms with Gasteiger partial charge >= 0.3 is 0 Å². The summed E-state index contributed by atoms with van der Waals surface area (Å²) < 4.78 is 5.18. The van der Waals surface area contributed by atoms with E-state index in [4.69, 9.17) is 4.74 Å². The van der Waals surface area contributed by atoms with E-state index in [0.717, 1.165) is 50.2 Å². The third kappa shape index (κ3) is 5.58. The lowest BCUT2D eigenvalue weighted by molar-refractivity contribution is 0.0974. The molecule has 0 amide bonds. The third-order valence-corrected chi connectivity index (χ3v) is 7.01. The number of carbonyl (C=O) groups excluding carboxylic acids is 1. The summed E-state index contributed by atoms with van der Waals surface area (Å²) in [6.07, 6.45) is 8.12. The minimum absolute atomic E-state index is 0. The Kier molecular flexibility index (Phi) is 8.22. The van der Waals surface area contributed by atoms with Crippen LogP contribution in [0.1, 0.15) is 58.3 Å². The molecule has 1 saturated heterocycles. The number of ether oxygens (including phenoxy) is 1. The minimum Gasteiger partial charge on any atom is -0.497 e. The molecule has 1 aliphatic heterocycles. The van der Waals surface area contributed by atoms with Crippen LogP contribution in [0.5, 0.6) is 5.75 Å². The molecule has 5 rings (SSSR count). The smallest absolute Gasteiger partial charge is 0.162 e. The van der Waals surface area contributed by atoms with Gasteiger partial charge in [0.2, 0.25) is 0 Å². The number of carbonyl (C=O) groups is 1. The zero-order chi connectivity index (χ0) is 23.3. The van der Waals surface area contributed by atoms with Crippen LogP contribution in [0.25, 0.3) is 17.7 Å². The first-order chi connectivity index (χ1) is 16.7. The number of halogens is 1. The van der Waals surface area contributed by atoms with E-state index in [1.807, 2.05) is 24.3 Å². The van der Waals surface area contributed by atoms with Crippen molar-refractivity contribution in [1.82, 2.24) is 4.90 Å². The zero-order valence-corrected chi connectivity index (χ0v) is 21.0. The monoisotopic (exact) mass is 485 g/mol. The van der Waals surface area contributed by atoms with Gasteiger partial charge in [0.25, 0.3) is 0 Å². The molecule has 180 valence electrons. The highest BCUT2D eigenvalue weighted by molar-refractivity contribution is 5.96. The summed E-state index contributed by atoms with van der Waals surface area (Å²) in [6, 6.07) is 24.9. The average Bonchev–Trinajstić information content (AvgIpc) is 3.06. The Hall–Kier alpha value is -3.14. The third-order valence-electron chi connectivity index (χ3n) is 7.01. The molecule has 2 aliphatic rings. The molecule has 1 aliphatic carbocycles. The standard InChI is InChI=1S/C31H31NO2.ClH/c1-34-27-16-14-25(15-17-27)30(33)11-6-20-32-21-18-26(19-22-32)31-28-9-4-2-7-23(28)12-13-24-8-3-5-10-29(24)31;/h2-5,7-10,12-17H,6,11,18-22H2,1H3;1H. The first-order valence-electron chi connectivity index (χ1n) is 12.2. The van der Waals surface area contributed by atoms with E-state index in [0.29, 0.717) is 6.42 Å². The summed E-state index contributed by atoms with van der Waals surface area (Å²) in [5.74, 6) is 0.992. The van der Waals surface area contributed by atoms with Crippen LogP contribution in [0.2, 0.25) is 0 Å². The van der Waals surface area contributed by atoms with Crippen molar-refractivity contribution >= 4 is 35.9 Å². The second kappa shape index (κ2) is 11.5. The molecule has 0 atom stereocenters. The zero-order valence-electron chi connectivity index (χ0n) is 20.2. The molecule has 35 heavy (non-hydrogen) atoms. The maximum Gasteiger partial charge on any atom is 0.162 e. The van der Waals surface area contributed by atoms with Crippen molar-refractivity contribution in [3.05, 3.63) is 106 Å². The van der Waals surface area contributed by atoms with Crippen molar-refractivity contribution in [2.24, 2.45) is 0 Å². The Labute approximate surface area is 214 Å². The number of fused-ring (bicyclic) bond motifs is 2. The maximum absolute atomic E-state index is 12.5. The largest absolute Gasteiger partial charge is 0.497 e. The fraction of sp³-hybridized carbons (Fsp3) is 0.258. The van der Waals surface area contributed by atoms with Gasteiger partial charge in [-0.3, -0.25) is 4.79 Å². The second-order valence-corrected chi connectivity index (χ2v) is 9.08. The van der Waals surface area contributed by atoms with Crippen LogP contribution in [0, 0.1) is 0 Å². The molecule has 0 spiro atoms. The number of likely N-dealkylation sites (tertiary alicyclic amines) is 1. The van der Waals surface area contributed by atoms with Gasteiger partial charge in [0.15, 0.2) is 5.78 Å². The highest BCUT2D eigenvalue weighted by atomic mass is 35.5. The molecule has 0 unspecified atom stereocenters. The molecule has 3 aromatic rings. The molecule has 0 N–H and O–H groups in total. The van der Waals surface area contributed by atoms with Gasteiger partial charge in [-0.25, -0.2) is 0 Å². The van der Waals surface area contributed by atoms with Crippen LogP contribution >= 0.6 is 12.4 Å². The number of benzene rings is 3. The molecule has 4 heteroatoms. The Morgan fingerprint density at radius 3 is 1.97 bits per heavy atom. The predicted octanol–water partition coefficient (Wildman–Crippen LogP) is 7.16. The van der Waals surface area contributed by atoms with E-state index in [-0.39, 0.29) is 18.2 Å². The molecule has 3 aromatic carbocycles. The normalized spacial score (nSPS) is 15.0. The Morgan fingerprint density at radius 1 is 0.829 bits per heavy atom. The van der Waals surface area contributed by atoms with Crippen molar-refractivity contribution in [3.63, 3.8) is 0 Å². The predicted molar refractivity (Wildman–Crippen MR) is 147 cm³/mol. The number of piperidine rings is 1. The summed E-state index contributed by atoms with van der Waals surface area (Å²) in [7, 11) is 1.64. The van der Waals surface area contributed by atoms with Gasteiger partial charge in [-0.15, -0.1) is 12.4 Å². The number of hydrogen-bond acceptors (Lipinski definition) is 3. The molecule has 0 bridgehead atoms. The second-order valence-electron chi connectivity index (χ2n) is 9.08. The van der Waals surface area contributed by atoms with Gasteiger partial charge in [-0.2, -0.15) is 0 Å². The Bertz CT molecular complexity index is 1180. The number of hydrogen-bond donors (Lipinski definition) is 0. The van der Waals surface area contributed by atoms with Crippen LogP contribution in [0.4, 0.5) is 0 Å². The SMILES string of the molecule is COc1ccc(C(=O)CCCN2CCC(=C3c4ccccc4C=Cc4ccccc43)CC2)cc1.Cl. The molecular weight excluding hydrogens is 454 g/mol. The molecule has 3 nitrogen and oxygen atoms in total. The minimum atomic E-state index is 0. The van der Waals surface area contributed by atoms with E-state index >= 15 is 0 Å². The number of methoxy groups -OCH3 is 1. The highest BCUT2D eigenvalue weighted by Crippen LogP contribution is 2.38. The lowest BCUT2D eigenvalue weighted by Gasteiger charge is -2.30. The van der Waals surface area contributed by atoms with E-state index in [2.05, 4.69) is 65.6 Å². The number of Topliss-reactive ketones (excluding diaryl/α,β-unsaturated/α-hetero) is 1. The maximum atomic E-state index is 12.5. The van der Waals surface area contributed by atoms with E-state index in [1.165, 1.54) is 27.8 Å². The number of rotatable bonds is 6.